The third-order valence-corrected chi connectivity index (χ3v) is 3.13. The Labute approximate surface area is 69.5 Å². The fraction of sp³-hybridized carbons (Fsp3) is 0.625. The van der Waals surface area contributed by atoms with Gasteiger partial charge >= 0.3 is 5.97 Å². The molecule has 0 aromatic carbocycles. The molecule has 0 aliphatic carbocycles. The van der Waals surface area contributed by atoms with E-state index in [-0.39, 0.29) is 0 Å². The number of carboxylic acids is 1. The molecule has 0 saturated heterocycles. The van der Waals surface area contributed by atoms with E-state index in [1.54, 1.807) is 0 Å². The van der Waals surface area contributed by atoms with Gasteiger partial charge in [-0.3, -0.25) is 0 Å². The van der Waals surface area contributed by atoms with E-state index in [2.05, 4.69) is 19.7 Å². The minimum atomic E-state index is -0.851. The first kappa shape index (κ1) is 10.4. The Kier molecular flexibility index (Phi) is 4.86. The molecule has 0 atom stereocenters. The van der Waals surface area contributed by atoms with Crippen molar-refractivity contribution >= 4 is 14.8 Å². The number of carboxylic acid groups (broad SMARTS) is 1. The van der Waals surface area contributed by atoms with Crippen LogP contribution in [0, 0.1) is 0 Å². The third-order valence-electron chi connectivity index (χ3n) is 1.56. The lowest BCUT2D eigenvalue weighted by molar-refractivity contribution is -0.132. The van der Waals surface area contributed by atoms with Crippen molar-refractivity contribution in [2.24, 2.45) is 0 Å². The van der Waals surface area contributed by atoms with Gasteiger partial charge in [-0.1, -0.05) is 32.1 Å². The van der Waals surface area contributed by atoms with Gasteiger partial charge in [0.1, 0.15) is 0 Å². The van der Waals surface area contributed by atoms with E-state index in [1.807, 2.05) is 0 Å². The van der Waals surface area contributed by atoms with Crippen LogP contribution in [-0.4, -0.2) is 19.9 Å². The third kappa shape index (κ3) is 5.85. The van der Waals surface area contributed by atoms with Crippen LogP contribution in [-0.2, 0) is 4.79 Å². The Hall–Kier alpha value is -0.573. The second kappa shape index (κ2) is 5.13. The second-order valence-electron chi connectivity index (χ2n) is 3.19. The zero-order valence-electron chi connectivity index (χ0n) is 7.26. The summed E-state index contributed by atoms with van der Waals surface area (Å²) in [5, 5.41) is 8.46. The predicted molar refractivity (Wildman–Crippen MR) is 49.7 cm³/mol. The molecule has 0 saturated carbocycles. The summed E-state index contributed by atoms with van der Waals surface area (Å²) in [7, 11) is -0.495. The van der Waals surface area contributed by atoms with E-state index in [0.717, 1.165) is 6.42 Å². The maximum absolute atomic E-state index is 10.3. The van der Waals surface area contributed by atoms with Crippen LogP contribution in [0.5, 0.6) is 0 Å². The molecular weight excluding hydrogens is 156 g/mol. The molecule has 0 aromatic rings. The predicted octanol–water partition coefficient (Wildman–Crippen LogP) is 1.89. The van der Waals surface area contributed by atoms with Crippen molar-refractivity contribution in [3.05, 3.63) is 12.2 Å². The van der Waals surface area contributed by atoms with Gasteiger partial charge in [0, 0.05) is 14.4 Å². The molecule has 2 nitrogen and oxygen atoms in total. The Balaban J connectivity index is 3.40. The zero-order valence-corrected chi connectivity index (χ0v) is 8.42. The fourth-order valence-electron chi connectivity index (χ4n) is 0.831. The molecule has 3 heteroatoms. The quantitative estimate of drug-likeness (QED) is 0.508. The zero-order chi connectivity index (χ0) is 8.85. The van der Waals surface area contributed by atoms with Gasteiger partial charge in [0.15, 0.2) is 0 Å². The summed E-state index contributed by atoms with van der Waals surface area (Å²) in [4.78, 5) is 10.3. The fourth-order valence-corrected chi connectivity index (χ4v) is 1.85. The molecule has 0 bridgehead atoms. The highest BCUT2D eigenvalue weighted by atomic mass is 28.3. The number of hydrogen-bond donors (Lipinski definition) is 1. The molecule has 1 N–H and O–H groups in total. The Morgan fingerprint density at radius 1 is 1.55 bits per heavy atom. The lowest BCUT2D eigenvalue weighted by Gasteiger charge is -2.01. The summed E-state index contributed by atoms with van der Waals surface area (Å²) in [6, 6.07) is 1.21. The number of aliphatic carboxylic acids is 1. The van der Waals surface area contributed by atoms with E-state index in [1.165, 1.54) is 6.04 Å². The van der Waals surface area contributed by atoms with Gasteiger partial charge in [0.25, 0.3) is 0 Å². The summed E-state index contributed by atoms with van der Waals surface area (Å²) in [5.74, 6) is -0.851. The van der Waals surface area contributed by atoms with Gasteiger partial charge in [-0.05, 0) is 6.42 Å². The minimum absolute atomic E-state index is 0.347. The highest BCUT2D eigenvalue weighted by Crippen LogP contribution is 2.07. The highest BCUT2D eigenvalue weighted by molar-refractivity contribution is 6.55. The van der Waals surface area contributed by atoms with Gasteiger partial charge in [0.2, 0.25) is 0 Å². The first-order valence-corrected chi connectivity index (χ1v) is 7.07. The number of rotatable bonds is 5. The first-order chi connectivity index (χ1) is 5.04. The lowest BCUT2D eigenvalue weighted by Crippen LogP contribution is -2.02. The molecule has 11 heavy (non-hydrogen) atoms. The van der Waals surface area contributed by atoms with Gasteiger partial charge in [0.05, 0.1) is 0 Å². The summed E-state index contributed by atoms with van der Waals surface area (Å²) >= 11 is 0. The van der Waals surface area contributed by atoms with Crippen molar-refractivity contribution in [1.82, 2.24) is 0 Å². The van der Waals surface area contributed by atoms with Gasteiger partial charge in [-0.25, -0.2) is 4.79 Å². The molecule has 0 heterocycles. The molecule has 0 aromatic heterocycles. The standard InChI is InChI=1S/C8H16O2Si/c1-7(8(9)10)5-4-6-11(2)3/h11H,1,4-6H2,2-3H3,(H,9,10). The monoisotopic (exact) mass is 172 g/mol. The molecule has 0 amide bonds. The number of carbonyl (C=O) groups is 1. The molecule has 64 valence electrons. The first-order valence-electron chi connectivity index (χ1n) is 3.95. The van der Waals surface area contributed by atoms with E-state index in [0.29, 0.717) is 12.0 Å². The molecule has 0 rings (SSSR count). The van der Waals surface area contributed by atoms with Crippen molar-refractivity contribution in [3.8, 4) is 0 Å². The maximum atomic E-state index is 10.3. The van der Waals surface area contributed by atoms with E-state index in [4.69, 9.17) is 5.11 Å². The molecule has 0 aliphatic rings. The number of hydrogen-bond acceptors (Lipinski definition) is 1. The normalized spacial score (nSPS) is 10.1. The van der Waals surface area contributed by atoms with Gasteiger partial charge in [-0.15, -0.1) is 0 Å². The smallest absolute Gasteiger partial charge is 0.330 e. The molecule has 0 fully saturated rings. The molecule has 0 unspecified atom stereocenters. The lowest BCUT2D eigenvalue weighted by atomic mass is 10.2. The van der Waals surface area contributed by atoms with Crippen LogP contribution in [0.15, 0.2) is 12.2 Å². The van der Waals surface area contributed by atoms with E-state index in [9.17, 15) is 4.79 Å². The van der Waals surface area contributed by atoms with Crippen molar-refractivity contribution in [2.45, 2.75) is 32.0 Å². The summed E-state index contributed by atoms with van der Waals surface area (Å²) in [6.45, 7) is 8.00. The van der Waals surface area contributed by atoms with Crippen LogP contribution in [0.3, 0.4) is 0 Å². The molecule has 0 spiro atoms. The van der Waals surface area contributed by atoms with Crippen molar-refractivity contribution in [2.75, 3.05) is 0 Å². The van der Waals surface area contributed by atoms with Crippen molar-refractivity contribution in [3.63, 3.8) is 0 Å². The summed E-state index contributed by atoms with van der Waals surface area (Å²) in [5.41, 5.74) is 0.347. The summed E-state index contributed by atoms with van der Waals surface area (Å²) in [6.07, 6.45) is 1.65. The second-order valence-corrected chi connectivity index (χ2v) is 6.56. The van der Waals surface area contributed by atoms with Crippen LogP contribution in [0.25, 0.3) is 0 Å². The molecular formula is C8H16O2Si. The topological polar surface area (TPSA) is 37.3 Å². The van der Waals surface area contributed by atoms with Crippen LogP contribution in [0.1, 0.15) is 12.8 Å². The SMILES string of the molecule is C=C(CCC[SiH](C)C)C(=O)O. The molecule has 0 aliphatic heterocycles. The van der Waals surface area contributed by atoms with Gasteiger partial charge in [-0.2, -0.15) is 0 Å². The Bertz CT molecular complexity index is 152. The van der Waals surface area contributed by atoms with Crippen LogP contribution in [0.4, 0.5) is 0 Å². The van der Waals surface area contributed by atoms with Crippen molar-refractivity contribution < 1.29 is 9.90 Å². The Morgan fingerprint density at radius 2 is 2.09 bits per heavy atom. The largest absolute Gasteiger partial charge is 0.478 e. The average Bonchev–Trinajstić information content (AvgIpc) is 1.86. The van der Waals surface area contributed by atoms with E-state index < -0.39 is 14.8 Å². The van der Waals surface area contributed by atoms with Gasteiger partial charge < -0.3 is 5.11 Å². The minimum Gasteiger partial charge on any atom is -0.478 e. The Morgan fingerprint density at radius 3 is 2.45 bits per heavy atom. The van der Waals surface area contributed by atoms with E-state index >= 15 is 0 Å². The van der Waals surface area contributed by atoms with Crippen molar-refractivity contribution in [1.29, 1.82) is 0 Å². The molecule has 0 radical (unpaired) electrons. The van der Waals surface area contributed by atoms with Crippen LogP contribution >= 0.6 is 0 Å². The summed E-state index contributed by atoms with van der Waals surface area (Å²) < 4.78 is 0. The maximum Gasteiger partial charge on any atom is 0.330 e. The average molecular weight is 172 g/mol. The van der Waals surface area contributed by atoms with Crippen LogP contribution in [0.2, 0.25) is 19.1 Å². The highest BCUT2D eigenvalue weighted by Gasteiger charge is 2.03. The van der Waals surface area contributed by atoms with Crippen LogP contribution < -0.4 is 0 Å².